The van der Waals surface area contributed by atoms with Crippen LogP contribution in [0.25, 0.3) is 0 Å². The number of pyridine rings is 1. The molecule has 0 atom stereocenters. The highest BCUT2D eigenvalue weighted by Crippen LogP contribution is 2.14. The molecule has 0 fully saturated rings. The second-order valence-electron chi connectivity index (χ2n) is 4.12. The van der Waals surface area contributed by atoms with E-state index in [1.54, 1.807) is 24.5 Å². The molecule has 1 heterocycles. The number of benzene rings is 1. The Morgan fingerprint density at radius 2 is 2.00 bits per heavy atom. The molecule has 0 bridgehead atoms. The maximum atomic E-state index is 11.6. The summed E-state index contributed by atoms with van der Waals surface area (Å²) in [6.07, 6.45) is 3.42. The Kier molecular flexibility index (Phi) is 5.34. The van der Waals surface area contributed by atoms with Crippen molar-refractivity contribution in [2.24, 2.45) is 0 Å². The minimum Gasteiger partial charge on any atom is -0.376 e. The molecular weight excluding hydrogens is 276 g/mol. The average Bonchev–Trinajstić information content (AvgIpc) is 2.46. The van der Waals surface area contributed by atoms with Crippen LogP contribution in [0.5, 0.6) is 0 Å². The lowest BCUT2D eigenvalue weighted by molar-refractivity contribution is -0.120. The zero-order chi connectivity index (χ0) is 14.2. The van der Waals surface area contributed by atoms with Gasteiger partial charge in [0.1, 0.15) is 0 Å². The van der Waals surface area contributed by atoms with Crippen molar-refractivity contribution in [3.63, 3.8) is 0 Å². The molecule has 1 amide bonds. The van der Waals surface area contributed by atoms with Gasteiger partial charge in [0.05, 0.1) is 6.54 Å². The molecule has 20 heavy (non-hydrogen) atoms. The summed E-state index contributed by atoms with van der Waals surface area (Å²) < 4.78 is 0. The Morgan fingerprint density at radius 1 is 1.20 bits per heavy atom. The van der Waals surface area contributed by atoms with Crippen LogP contribution in [0.3, 0.4) is 0 Å². The average molecular weight is 291 g/mol. The molecule has 1 aromatic carbocycles. The second-order valence-corrected chi connectivity index (χ2v) is 4.56. The van der Waals surface area contributed by atoms with Crippen LogP contribution < -0.4 is 16.2 Å². The number of rotatable bonds is 6. The van der Waals surface area contributed by atoms with Crippen LogP contribution in [0.1, 0.15) is 5.56 Å². The van der Waals surface area contributed by atoms with Crippen molar-refractivity contribution in [3.05, 3.63) is 59.4 Å². The molecule has 0 aliphatic heterocycles. The summed E-state index contributed by atoms with van der Waals surface area (Å²) in [6, 6.07) is 11.0. The highest BCUT2D eigenvalue weighted by atomic mass is 35.5. The van der Waals surface area contributed by atoms with Gasteiger partial charge in [-0.25, -0.2) is 5.43 Å². The highest BCUT2D eigenvalue weighted by Gasteiger charge is 2.00. The topological polar surface area (TPSA) is 66.1 Å². The zero-order valence-electron chi connectivity index (χ0n) is 10.8. The molecule has 104 valence electrons. The van der Waals surface area contributed by atoms with Crippen LogP contribution in [0.2, 0.25) is 5.02 Å². The third-order valence-electron chi connectivity index (χ3n) is 2.55. The van der Waals surface area contributed by atoms with E-state index in [2.05, 4.69) is 21.2 Å². The van der Waals surface area contributed by atoms with Gasteiger partial charge in [0.15, 0.2) is 0 Å². The van der Waals surface area contributed by atoms with Gasteiger partial charge in [0, 0.05) is 29.6 Å². The highest BCUT2D eigenvalue weighted by molar-refractivity contribution is 6.30. The summed E-state index contributed by atoms with van der Waals surface area (Å²) in [6.45, 7) is 0.717. The molecule has 2 rings (SSSR count). The third kappa shape index (κ3) is 4.87. The van der Waals surface area contributed by atoms with E-state index in [-0.39, 0.29) is 12.5 Å². The van der Waals surface area contributed by atoms with Gasteiger partial charge >= 0.3 is 0 Å². The molecule has 0 aliphatic carbocycles. The monoisotopic (exact) mass is 290 g/mol. The maximum Gasteiger partial charge on any atom is 0.253 e. The summed E-state index contributed by atoms with van der Waals surface area (Å²) in [5.41, 5.74) is 7.32. The first-order valence-corrected chi connectivity index (χ1v) is 6.52. The second kappa shape index (κ2) is 7.47. The minimum absolute atomic E-state index is 0.154. The van der Waals surface area contributed by atoms with Crippen molar-refractivity contribution < 1.29 is 4.79 Å². The molecule has 0 unspecified atom stereocenters. The predicted octanol–water partition coefficient (Wildman–Crippen LogP) is 1.97. The minimum atomic E-state index is -0.154. The predicted molar refractivity (Wildman–Crippen MR) is 79.2 cm³/mol. The number of carbonyl (C=O) groups excluding carboxylic acids is 1. The lowest BCUT2D eigenvalue weighted by Gasteiger charge is -2.09. The molecule has 0 saturated carbocycles. The lowest BCUT2D eigenvalue weighted by Crippen LogP contribution is -2.40. The van der Waals surface area contributed by atoms with Crippen LogP contribution in [0, 0.1) is 0 Å². The molecule has 5 nitrogen and oxygen atoms in total. The van der Waals surface area contributed by atoms with Crippen LogP contribution in [0.4, 0.5) is 5.69 Å². The van der Waals surface area contributed by atoms with E-state index in [9.17, 15) is 4.79 Å². The van der Waals surface area contributed by atoms with Crippen LogP contribution in [0.15, 0.2) is 48.8 Å². The standard InChI is InChI=1S/C14H15ClN4O/c15-12-2-1-3-13(8-12)17-10-14(20)19-18-9-11-4-6-16-7-5-11/h1-8,17-18H,9-10H2,(H,19,20). The fraction of sp³-hybridized carbons (Fsp3) is 0.143. The number of aromatic nitrogens is 1. The first-order chi connectivity index (χ1) is 9.74. The van der Waals surface area contributed by atoms with Crippen molar-refractivity contribution in [1.82, 2.24) is 15.8 Å². The lowest BCUT2D eigenvalue weighted by atomic mass is 10.3. The smallest absolute Gasteiger partial charge is 0.253 e. The first-order valence-electron chi connectivity index (χ1n) is 6.14. The summed E-state index contributed by atoms with van der Waals surface area (Å²) in [4.78, 5) is 15.5. The van der Waals surface area contributed by atoms with Crippen LogP contribution >= 0.6 is 11.6 Å². The summed E-state index contributed by atoms with van der Waals surface area (Å²) in [5, 5.41) is 3.62. The van der Waals surface area contributed by atoms with Crippen molar-refractivity contribution in [2.45, 2.75) is 6.54 Å². The van der Waals surface area contributed by atoms with Gasteiger partial charge in [0.2, 0.25) is 0 Å². The Morgan fingerprint density at radius 3 is 2.75 bits per heavy atom. The molecule has 0 saturated heterocycles. The summed E-state index contributed by atoms with van der Waals surface area (Å²) in [7, 11) is 0. The van der Waals surface area contributed by atoms with E-state index in [0.29, 0.717) is 11.6 Å². The molecule has 0 spiro atoms. The van der Waals surface area contributed by atoms with E-state index < -0.39 is 0 Å². The van der Waals surface area contributed by atoms with Crippen molar-refractivity contribution in [2.75, 3.05) is 11.9 Å². The SMILES string of the molecule is O=C(CNc1cccc(Cl)c1)NNCc1ccncc1. The quantitative estimate of drug-likeness (QED) is 0.712. The van der Waals surface area contributed by atoms with E-state index in [1.807, 2.05) is 24.3 Å². The van der Waals surface area contributed by atoms with E-state index in [0.717, 1.165) is 11.3 Å². The molecular formula is C14H15ClN4O. The van der Waals surface area contributed by atoms with Gasteiger partial charge in [0.25, 0.3) is 5.91 Å². The molecule has 0 aliphatic rings. The van der Waals surface area contributed by atoms with Gasteiger partial charge in [-0.2, -0.15) is 0 Å². The number of amides is 1. The number of nitrogens with zero attached hydrogens (tertiary/aromatic N) is 1. The molecule has 1 aromatic heterocycles. The van der Waals surface area contributed by atoms with Gasteiger partial charge < -0.3 is 5.32 Å². The number of hydrogen-bond donors (Lipinski definition) is 3. The molecule has 0 radical (unpaired) electrons. The number of hydrazine groups is 1. The summed E-state index contributed by atoms with van der Waals surface area (Å²) >= 11 is 5.85. The van der Waals surface area contributed by atoms with Gasteiger partial charge in [-0.15, -0.1) is 0 Å². The number of halogens is 1. The first kappa shape index (κ1) is 14.3. The fourth-order valence-corrected chi connectivity index (χ4v) is 1.76. The number of anilines is 1. The van der Waals surface area contributed by atoms with Crippen molar-refractivity contribution >= 4 is 23.2 Å². The third-order valence-corrected chi connectivity index (χ3v) is 2.78. The Bertz CT molecular complexity index is 562. The Balaban J connectivity index is 1.68. The molecule has 6 heteroatoms. The van der Waals surface area contributed by atoms with Gasteiger partial charge in [-0.3, -0.25) is 15.2 Å². The van der Waals surface area contributed by atoms with Crippen molar-refractivity contribution in [1.29, 1.82) is 0 Å². The van der Waals surface area contributed by atoms with Gasteiger partial charge in [-0.05, 0) is 35.9 Å². The number of nitrogens with one attached hydrogen (secondary N) is 3. The molecule has 3 N–H and O–H groups in total. The maximum absolute atomic E-state index is 11.6. The Labute approximate surface area is 122 Å². The fourth-order valence-electron chi connectivity index (χ4n) is 1.57. The van der Waals surface area contributed by atoms with E-state index >= 15 is 0 Å². The summed E-state index contributed by atoms with van der Waals surface area (Å²) in [5.74, 6) is -0.154. The van der Waals surface area contributed by atoms with Crippen molar-refractivity contribution in [3.8, 4) is 0 Å². The largest absolute Gasteiger partial charge is 0.376 e. The van der Waals surface area contributed by atoms with E-state index in [4.69, 9.17) is 11.6 Å². The Hall–Kier alpha value is -2.11. The van der Waals surface area contributed by atoms with Crippen LogP contribution in [-0.2, 0) is 11.3 Å². The van der Waals surface area contributed by atoms with Gasteiger partial charge in [-0.1, -0.05) is 17.7 Å². The molecule has 2 aromatic rings. The van der Waals surface area contributed by atoms with E-state index in [1.165, 1.54) is 0 Å². The zero-order valence-corrected chi connectivity index (χ0v) is 11.5. The van der Waals surface area contributed by atoms with Crippen LogP contribution in [-0.4, -0.2) is 17.4 Å². The number of carbonyl (C=O) groups is 1. The number of hydrogen-bond acceptors (Lipinski definition) is 4. The normalized spacial score (nSPS) is 10.1.